The number of nitrogens with two attached hydrogens (primary N) is 1. The number of rotatable bonds is 2. The van der Waals surface area contributed by atoms with Gasteiger partial charge in [-0.3, -0.25) is 0 Å². The Balaban J connectivity index is 2.68. The summed E-state index contributed by atoms with van der Waals surface area (Å²) in [6.07, 6.45) is 0. The maximum Gasteiger partial charge on any atom is 0.133 e. The highest BCUT2D eigenvalue weighted by Gasteiger charge is 2.12. The van der Waals surface area contributed by atoms with Crippen molar-refractivity contribution in [2.75, 3.05) is 12.3 Å². The summed E-state index contributed by atoms with van der Waals surface area (Å²) in [4.78, 5) is 0. The van der Waals surface area contributed by atoms with Gasteiger partial charge in [0.1, 0.15) is 5.75 Å². The minimum atomic E-state index is 0.167. The Labute approximate surface area is 93.6 Å². The normalized spacial score (nSPS) is 11.4. The van der Waals surface area contributed by atoms with Gasteiger partial charge in [0.15, 0.2) is 0 Å². The average molecular weight is 258 g/mol. The van der Waals surface area contributed by atoms with Gasteiger partial charge in [0.2, 0.25) is 0 Å². The quantitative estimate of drug-likeness (QED) is 0.824. The third kappa shape index (κ3) is 3.58. The number of nitrogen functional groups attached to an aromatic ring is 1. The van der Waals surface area contributed by atoms with Crippen LogP contribution in [0.1, 0.15) is 20.8 Å². The van der Waals surface area contributed by atoms with E-state index in [0.29, 0.717) is 6.61 Å². The molecule has 0 aliphatic carbocycles. The van der Waals surface area contributed by atoms with Crippen molar-refractivity contribution < 1.29 is 4.74 Å². The summed E-state index contributed by atoms with van der Waals surface area (Å²) in [6, 6.07) is 5.56. The Morgan fingerprint density at radius 1 is 1.36 bits per heavy atom. The zero-order valence-electron chi connectivity index (χ0n) is 8.80. The third-order valence-corrected chi connectivity index (χ3v) is 2.24. The highest BCUT2D eigenvalue weighted by Crippen LogP contribution is 2.28. The van der Waals surface area contributed by atoms with Crippen molar-refractivity contribution in [3.63, 3.8) is 0 Å². The van der Waals surface area contributed by atoms with E-state index in [-0.39, 0.29) is 5.41 Å². The van der Waals surface area contributed by atoms with Crippen LogP contribution in [0.5, 0.6) is 5.75 Å². The monoisotopic (exact) mass is 257 g/mol. The first-order chi connectivity index (χ1) is 6.38. The summed E-state index contributed by atoms with van der Waals surface area (Å²) in [5.41, 5.74) is 6.53. The van der Waals surface area contributed by atoms with Crippen LogP contribution < -0.4 is 10.5 Å². The van der Waals surface area contributed by atoms with Gasteiger partial charge >= 0.3 is 0 Å². The van der Waals surface area contributed by atoms with Crippen LogP contribution in [0.15, 0.2) is 22.7 Å². The predicted octanol–water partition coefficient (Wildman–Crippen LogP) is 3.46. The zero-order chi connectivity index (χ0) is 10.8. The first-order valence-electron chi connectivity index (χ1n) is 4.56. The molecule has 14 heavy (non-hydrogen) atoms. The predicted molar refractivity (Wildman–Crippen MR) is 63.5 cm³/mol. The van der Waals surface area contributed by atoms with E-state index in [9.17, 15) is 0 Å². The van der Waals surface area contributed by atoms with Gasteiger partial charge in [0.25, 0.3) is 0 Å². The molecule has 0 spiro atoms. The molecule has 1 aromatic carbocycles. The van der Waals surface area contributed by atoms with E-state index in [2.05, 4.69) is 36.7 Å². The Bertz CT molecular complexity index is 318. The van der Waals surface area contributed by atoms with Crippen molar-refractivity contribution in [1.82, 2.24) is 0 Å². The van der Waals surface area contributed by atoms with Gasteiger partial charge < -0.3 is 10.5 Å². The molecule has 0 radical (unpaired) electrons. The molecule has 0 saturated heterocycles. The molecule has 1 rings (SSSR count). The maximum absolute atomic E-state index is 5.65. The molecular formula is C11H16BrNO. The number of ether oxygens (including phenoxy) is 1. The molecular weight excluding hydrogens is 242 g/mol. The molecule has 1 aromatic rings. The van der Waals surface area contributed by atoms with Crippen LogP contribution in [0.25, 0.3) is 0 Å². The molecule has 0 atom stereocenters. The van der Waals surface area contributed by atoms with Gasteiger partial charge in [-0.1, -0.05) is 20.8 Å². The lowest BCUT2D eigenvalue weighted by Crippen LogP contribution is -2.17. The van der Waals surface area contributed by atoms with Gasteiger partial charge in [-0.15, -0.1) is 0 Å². The lowest BCUT2D eigenvalue weighted by Gasteiger charge is -2.19. The second kappa shape index (κ2) is 4.22. The van der Waals surface area contributed by atoms with Crippen LogP contribution in [0, 0.1) is 5.41 Å². The largest absolute Gasteiger partial charge is 0.492 e. The van der Waals surface area contributed by atoms with Crippen LogP contribution >= 0.6 is 15.9 Å². The van der Waals surface area contributed by atoms with Gasteiger partial charge in [-0.05, 0) is 39.5 Å². The summed E-state index contributed by atoms with van der Waals surface area (Å²) < 4.78 is 6.56. The molecule has 78 valence electrons. The van der Waals surface area contributed by atoms with E-state index in [4.69, 9.17) is 10.5 Å². The Kier molecular flexibility index (Phi) is 3.43. The summed E-state index contributed by atoms with van der Waals surface area (Å²) >= 11 is 3.41. The molecule has 0 heterocycles. The fourth-order valence-corrected chi connectivity index (χ4v) is 1.44. The van der Waals surface area contributed by atoms with E-state index in [0.717, 1.165) is 15.9 Å². The SMILES string of the molecule is CC(C)(C)COc1ccc(N)cc1Br. The van der Waals surface area contributed by atoms with Crippen molar-refractivity contribution in [2.24, 2.45) is 5.41 Å². The Morgan fingerprint density at radius 2 is 2.00 bits per heavy atom. The minimum absolute atomic E-state index is 0.167. The van der Waals surface area contributed by atoms with E-state index in [1.807, 2.05) is 18.2 Å². The smallest absolute Gasteiger partial charge is 0.133 e. The van der Waals surface area contributed by atoms with Gasteiger partial charge in [0, 0.05) is 5.69 Å². The summed E-state index contributed by atoms with van der Waals surface area (Å²) in [5.74, 6) is 0.842. The summed E-state index contributed by atoms with van der Waals surface area (Å²) in [7, 11) is 0. The van der Waals surface area contributed by atoms with Crippen LogP contribution in [0.2, 0.25) is 0 Å². The highest BCUT2D eigenvalue weighted by atomic mass is 79.9. The fourth-order valence-electron chi connectivity index (χ4n) is 0.928. The number of halogens is 1. The third-order valence-electron chi connectivity index (χ3n) is 1.62. The van der Waals surface area contributed by atoms with E-state index >= 15 is 0 Å². The standard InChI is InChI=1S/C11H16BrNO/c1-11(2,3)7-14-10-5-4-8(13)6-9(10)12/h4-6H,7,13H2,1-3H3. The highest BCUT2D eigenvalue weighted by molar-refractivity contribution is 9.10. The number of anilines is 1. The van der Waals surface area contributed by atoms with Crippen molar-refractivity contribution in [1.29, 1.82) is 0 Å². The molecule has 0 amide bonds. The van der Waals surface area contributed by atoms with Crippen LogP contribution in [0.3, 0.4) is 0 Å². The van der Waals surface area contributed by atoms with Gasteiger partial charge in [0.05, 0.1) is 11.1 Å². The average Bonchev–Trinajstić information content (AvgIpc) is 2.00. The molecule has 3 heteroatoms. The van der Waals surface area contributed by atoms with E-state index < -0.39 is 0 Å². The van der Waals surface area contributed by atoms with E-state index in [1.54, 1.807) is 0 Å². The van der Waals surface area contributed by atoms with Crippen LogP contribution in [0.4, 0.5) is 5.69 Å². The number of benzene rings is 1. The Hall–Kier alpha value is -0.700. The van der Waals surface area contributed by atoms with Crippen molar-refractivity contribution in [3.8, 4) is 5.75 Å². The zero-order valence-corrected chi connectivity index (χ0v) is 10.4. The molecule has 0 unspecified atom stereocenters. The van der Waals surface area contributed by atoms with E-state index in [1.165, 1.54) is 0 Å². The second-order valence-electron chi connectivity index (χ2n) is 4.54. The summed E-state index contributed by atoms with van der Waals surface area (Å²) in [5, 5.41) is 0. The second-order valence-corrected chi connectivity index (χ2v) is 5.39. The molecule has 2 nitrogen and oxygen atoms in total. The Morgan fingerprint density at radius 3 is 2.50 bits per heavy atom. The summed E-state index contributed by atoms with van der Waals surface area (Å²) in [6.45, 7) is 7.10. The molecule has 0 saturated carbocycles. The maximum atomic E-state index is 5.65. The van der Waals surface area contributed by atoms with Crippen LogP contribution in [-0.2, 0) is 0 Å². The van der Waals surface area contributed by atoms with Gasteiger partial charge in [-0.2, -0.15) is 0 Å². The lowest BCUT2D eigenvalue weighted by atomic mass is 9.99. The molecule has 0 bridgehead atoms. The minimum Gasteiger partial charge on any atom is -0.492 e. The van der Waals surface area contributed by atoms with Crippen molar-refractivity contribution in [2.45, 2.75) is 20.8 Å². The topological polar surface area (TPSA) is 35.2 Å². The molecule has 0 aromatic heterocycles. The molecule has 0 fully saturated rings. The molecule has 0 aliphatic rings. The van der Waals surface area contributed by atoms with Crippen LogP contribution in [-0.4, -0.2) is 6.61 Å². The number of hydrogen-bond donors (Lipinski definition) is 1. The lowest BCUT2D eigenvalue weighted by molar-refractivity contribution is 0.197. The first kappa shape index (κ1) is 11.4. The van der Waals surface area contributed by atoms with Gasteiger partial charge in [-0.25, -0.2) is 0 Å². The first-order valence-corrected chi connectivity index (χ1v) is 5.36. The van der Waals surface area contributed by atoms with Crippen molar-refractivity contribution in [3.05, 3.63) is 22.7 Å². The molecule has 0 aliphatic heterocycles. The molecule has 2 N–H and O–H groups in total. The van der Waals surface area contributed by atoms with Crippen molar-refractivity contribution >= 4 is 21.6 Å². The fraction of sp³-hybridized carbons (Fsp3) is 0.455. The number of hydrogen-bond acceptors (Lipinski definition) is 2.